The number of aryl methyl sites for hydroxylation is 1. The lowest BCUT2D eigenvalue weighted by atomic mass is 10.0. The summed E-state index contributed by atoms with van der Waals surface area (Å²) >= 11 is 5.76. The van der Waals surface area contributed by atoms with Gasteiger partial charge in [0.25, 0.3) is 0 Å². The molecule has 1 aromatic heterocycles. The molecular formula is C25H21N5O2S. The summed E-state index contributed by atoms with van der Waals surface area (Å²) in [7, 11) is 0. The number of fused-ring (bicyclic) bond motifs is 2. The summed E-state index contributed by atoms with van der Waals surface area (Å²) in [4.78, 5) is 14.3. The van der Waals surface area contributed by atoms with Crippen molar-refractivity contribution in [2.45, 2.75) is 13.0 Å². The highest BCUT2D eigenvalue weighted by molar-refractivity contribution is 7.80. The van der Waals surface area contributed by atoms with Crippen LogP contribution in [0.15, 0.2) is 72.0 Å². The molecule has 8 heteroatoms. The third-order valence-corrected chi connectivity index (χ3v) is 6.08. The third kappa shape index (κ3) is 3.58. The number of aliphatic imine (C=N–C) groups is 1. The summed E-state index contributed by atoms with van der Waals surface area (Å²) in [5.74, 6) is 2.24. The fourth-order valence-electron chi connectivity index (χ4n) is 4.29. The number of hydrogen-bond donors (Lipinski definition) is 2. The van der Waals surface area contributed by atoms with Crippen LogP contribution in [0.4, 0.5) is 11.4 Å². The summed E-state index contributed by atoms with van der Waals surface area (Å²) in [6, 6.07) is 20.0. The van der Waals surface area contributed by atoms with Gasteiger partial charge in [0.15, 0.2) is 11.5 Å². The fourth-order valence-corrected chi connectivity index (χ4v) is 4.60. The predicted octanol–water partition coefficient (Wildman–Crippen LogP) is 5.00. The summed E-state index contributed by atoms with van der Waals surface area (Å²) in [6.45, 7) is 3.15. The first-order valence-electron chi connectivity index (χ1n) is 10.7. The first-order valence-corrected chi connectivity index (χ1v) is 11.1. The first-order chi connectivity index (χ1) is 16.2. The van der Waals surface area contributed by atoms with Gasteiger partial charge in [0.2, 0.25) is 5.11 Å². The molecule has 2 aliphatic heterocycles. The molecule has 2 N–H and O–H groups in total. The number of thiocarbonyl (C=S) groups is 1. The molecule has 1 atom stereocenters. The van der Waals surface area contributed by atoms with Crippen LogP contribution in [0, 0.1) is 6.92 Å². The molecule has 6 rings (SSSR count). The van der Waals surface area contributed by atoms with Gasteiger partial charge in [0.1, 0.15) is 25.1 Å². The third-order valence-electron chi connectivity index (χ3n) is 5.79. The molecule has 7 nitrogen and oxygen atoms in total. The van der Waals surface area contributed by atoms with Gasteiger partial charge in [-0.05, 0) is 72.7 Å². The molecule has 0 saturated heterocycles. The number of nitrogens with zero attached hydrogens (tertiary/aromatic N) is 3. The standard InChI is InChI=1S/C25H21N5O2S/c1-15-3-2-4-17(11-15)28-24-23(16-5-8-21-22(12-16)32-10-9-31-21)30(25(33)29-24)18-6-7-19-20(13-18)27-14-26-19/h2-8,11-14,23H,9-10H2,1H3,(H,26,27)(H,28,29,33). The smallest absolute Gasteiger partial charge is 0.202 e. The number of anilines is 2. The van der Waals surface area contributed by atoms with Gasteiger partial charge < -0.3 is 24.7 Å². The SMILES string of the molecule is Cc1cccc(NC2=NC(=S)N(c3ccc4nc[nH]c4c3)C2c2ccc3c(c2)OCCO3)c1. The van der Waals surface area contributed by atoms with Crippen molar-refractivity contribution in [2.24, 2.45) is 4.99 Å². The van der Waals surface area contributed by atoms with Crippen molar-refractivity contribution in [3.63, 3.8) is 0 Å². The summed E-state index contributed by atoms with van der Waals surface area (Å²) in [5.41, 5.74) is 5.91. The monoisotopic (exact) mass is 455 g/mol. The van der Waals surface area contributed by atoms with E-state index >= 15 is 0 Å². The number of nitrogens with one attached hydrogen (secondary N) is 2. The fraction of sp³-hybridized carbons (Fsp3) is 0.160. The van der Waals surface area contributed by atoms with Crippen LogP contribution >= 0.6 is 12.2 Å². The zero-order valence-corrected chi connectivity index (χ0v) is 18.7. The van der Waals surface area contributed by atoms with Gasteiger partial charge in [-0.2, -0.15) is 0 Å². The molecule has 0 amide bonds. The van der Waals surface area contributed by atoms with Crippen molar-refractivity contribution >= 4 is 45.6 Å². The zero-order chi connectivity index (χ0) is 22.4. The van der Waals surface area contributed by atoms with E-state index in [-0.39, 0.29) is 6.04 Å². The van der Waals surface area contributed by atoms with Gasteiger partial charge >= 0.3 is 0 Å². The number of amidine groups is 1. The minimum Gasteiger partial charge on any atom is -0.486 e. The molecule has 33 heavy (non-hydrogen) atoms. The maximum atomic E-state index is 5.86. The molecule has 0 spiro atoms. The molecule has 3 heterocycles. The van der Waals surface area contributed by atoms with Crippen LogP contribution < -0.4 is 19.7 Å². The minimum atomic E-state index is -0.255. The van der Waals surface area contributed by atoms with Gasteiger partial charge in [0.05, 0.1) is 17.4 Å². The number of rotatable bonds is 3. The Bertz CT molecular complexity index is 1410. The van der Waals surface area contributed by atoms with Crippen molar-refractivity contribution in [3.05, 3.63) is 78.1 Å². The Morgan fingerprint density at radius 2 is 1.91 bits per heavy atom. The van der Waals surface area contributed by atoms with E-state index in [1.54, 1.807) is 6.33 Å². The number of benzene rings is 3. The molecule has 0 radical (unpaired) electrons. The lowest BCUT2D eigenvalue weighted by molar-refractivity contribution is 0.171. The highest BCUT2D eigenvalue weighted by atomic mass is 32.1. The van der Waals surface area contributed by atoms with E-state index in [9.17, 15) is 0 Å². The average Bonchev–Trinajstić information content (AvgIpc) is 3.42. The van der Waals surface area contributed by atoms with Gasteiger partial charge in [-0.3, -0.25) is 0 Å². The van der Waals surface area contributed by atoms with E-state index in [0.29, 0.717) is 18.3 Å². The van der Waals surface area contributed by atoms with Gasteiger partial charge in [-0.25, -0.2) is 9.98 Å². The second kappa shape index (κ2) is 7.90. The first kappa shape index (κ1) is 19.8. The van der Waals surface area contributed by atoms with Crippen LogP contribution in [-0.2, 0) is 0 Å². The van der Waals surface area contributed by atoms with E-state index in [4.69, 9.17) is 26.7 Å². The second-order valence-corrected chi connectivity index (χ2v) is 8.42. The van der Waals surface area contributed by atoms with Gasteiger partial charge in [-0.1, -0.05) is 18.2 Å². The number of imidazole rings is 1. The number of ether oxygens (including phenoxy) is 2. The van der Waals surface area contributed by atoms with Crippen LogP contribution in [0.2, 0.25) is 0 Å². The van der Waals surface area contributed by atoms with Crippen molar-refractivity contribution < 1.29 is 9.47 Å². The number of hydrogen-bond acceptors (Lipinski definition) is 5. The van der Waals surface area contributed by atoms with E-state index in [1.807, 2.05) is 48.5 Å². The van der Waals surface area contributed by atoms with Crippen LogP contribution in [0.25, 0.3) is 11.0 Å². The Morgan fingerprint density at radius 1 is 1.03 bits per heavy atom. The number of H-pyrrole nitrogens is 1. The van der Waals surface area contributed by atoms with Gasteiger partial charge in [-0.15, -0.1) is 0 Å². The zero-order valence-electron chi connectivity index (χ0n) is 17.9. The minimum absolute atomic E-state index is 0.255. The van der Waals surface area contributed by atoms with Crippen LogP contribution in [0.5, 0.6) is 11.5 Å². The summed E-state index contributed by atoms with van der Waals surface area (Å²) in [5, 5.41) is 3.99. The highest BCUT2D eigenvalue weighted by Crippen LogP contribution is 2.39. The van der Waals surface area contributed by atoms with Gasteiger partial charge in [0, 0.05) is 11.4 Å². The Hall–Kier alpha value is -3.91. The predicted molar refractivity (Wildman–Crippen MR) is 134 cm³/mol. The lowest BCUT2D eigenvalue weighted by Gasteiger charge is -2.28. The maximum Gasteiger partial charge on any atom is 0.202 e. The molecule has 0 aliphatic carbocycles. The van der Waals surface area contributed by atoms with Crippen LogP contribution in [-0.4, -0.2) is 34.1 Å². The number of aromatic amines is 1. The molecule has 164 valence electrons. The lowest BCUT2D eigenvalue weighted by Crippen LogP contribution is -2.33. The van der Waals surface area contributed by atoms with Crippen molar-refractivity contribution in [2.75, 3.05) is 23.4 Å². The molecule has 0 bridgehead atoms. The second-order valence-electron chi connectivity index (χ2n) is 8.05. The molecule has 0 saturated carbocycles. The van der Waals surface area contributed by atoms with E-state index in [0.717, 1.165) is 45.3 Å². The quantitative estimate of drug-likeness (QED) is 0.424. The Balaban J connectivity index is 1.45. The van der Waals surface area contributed by atoms with E-state index in [1.165, 1.54) is 5.56 Å². The van der Waals surface area contributed by atoms with Crippen molar-refractivity contribution in [3.8, 4) is 11.5 Å². The molecule has 1 unspecified atom stereocenters. The largest absolute Gasteiger partial charge is 0.486 e. The van der Waals surface area contributed by atoms with Crippen molar-refractivity contribution in [1.29, 1.82) is 0 Å². The topological polar surface area (TPSA) is 74.8 Å². The molecule has 2 aliphatic rings. The van der Waals surface area contributed by atoms with E-state index in [2.05, 4.69) is 39.2 Å². The average molecular weight is 456 g/mol. The van der Waals surface area contributed by atoms with Crippen molar-refractivity contribution in [1.82, 2.24) is 9.97 Å². The Morgan fingerprint density at radius 3 is 2.79 bits per heavy atom. The Kier molecular flexibility index (Phi) is 4.73. The molecule has 3 aromatic carbocycles. The summed E-state index contributed by atoms with van der Waals surface area (Å²) in [6.07, 6.45) is 1.69. The molecule has 0 fully saturated rings. The van der Waals surface area contributed by atoms with Crippen LogP contribution in [0.1, 0.15) is 17.2 Å². The Labute approximate surface area is 196 Å². The summed E-state index contributed by atoms with van der Waals surface area (Å²) < 4.78 is 11.6. The maximum absolute atomic E-state index is 5.86. The number of aromatic nitrogens is 2. The molecular weight excluding hydrogens is 434 g/mol. The highest BCUT2D eigenvalue weighted by Gasteiger charge is 2.36. The molecule has 4 aromatic rings. The normalized spacial score (nSPS) is 17.4. The van der Waals surface area contributed by atoms with E-state index < -0.39 is 0 Å². The van der Waals surface area contributed by atoms with Crippen LogP contribution in [0.3, 0.4) is 0 Å².